The lowest BCUT2D eigenvalue weighted by Gasteiger charge is -2.32. The van der Waals surface area contributed by atoms with E-state index in [4.69, 9.17) is 0 Å². The molecule has 1 aliphatic rings. The standard InChI is InChI=1S/C34H42N2O2/c1-34(2,3)29-21-18-26(19-22-29)20-23-32(37)36(25-28-14-8-5-9-15-28)31(24-27-12-6-4-7-13-27)33(38)35-30-16-10-11-17-30/h4-9,12-15,18-19,21-22,30-31H,10-11,16-17,20,23-25H2,1-3H3,(H,35,38)/t31-/m1/s1. The monoisotopic (exact) mass is 510 g/mol. The Morgan fingerprint density at radius 2 is 1.39 bits per heavy atom. The van der Waals surface area contributed by atoms with E-state index in [1.807, 2.05) is 65.6 Å². The Hall–Kier alpha value is -3.40. The van der Waals surface area contributed by atoms with Gasteiger partial charge in [-0.25, -0.2) is 0 Å². The van der Waals surface area contributed by atoms with Crippen molar-refractivity contribution in [3.63, 3.8) is 0 Å². The lowest BCUT2D eigenvalue weighted by molar-refractivity contribution is -0.141. The van der Waals surface area contributed by atoms with Gasteiger partial charge in [0.15, 0.2) is 0 Å². The molecule has 4 heteroatoms. The van der Waals surface area contributed by atoms with Gasteiger partial charge in [0.2, 0.25) is 11.8 Å². The third kappa shape index (κ3) is 7.80. The van der Waals surface area contributed by atoms with Crippen LogP contribution >= 0.6 is 0 Å². The summed E-state index contributed by atoms with van der Waals surface area (Å²) in [5.41, 5.74) is 4.61. The van der Waals surface area contributed by atoms with Crippen molar-refractivity contribution in [2.45, 2.75) is 89.8 Å². The smallest absolute Gasteiger partial charge is 0.243 e. The molecular weight excluding hydrogens is 468 g/mol. The third-order valence-electron chi connectivity index (χ3n) is 7.62. The molecular formula is C34H42N2O2. The second-order valence-corrected chi connectivity index (χ2v) is 11.6. The van der Waals surface area contributed by atoms with Crippen LogP contribution in [0.1, 0.15) is 75.1 Å². The van der Waals surface area contributed by atoms with Gasteiger partial charge in [0.25, 0.3) is 0 Å². The minimum absolute atomic E-state index is 0.0104. The van der Waals surface area contributed by atoms with E-state index in [1.54, 1.807) is 0 Å². The Balaban J connectivity index is 1.56. The topological polar surface area (TPSA) is 49.4 Å². The summed E-state index contributed by atoms with van der Waals surface area (Å²) >= 11 is 0. The zero-order chi connectivity index (χ0) is 27.0. The van der Waals surface area contributed by atoms with Crippen molar-refractivity contribution in [1.29, 1.82) is 0 Å². The average molecular weight is 511 g/mol. The number of carbonyl (C=O) groups is 2. The predicted molar refractivity (Wildman–Crippen MR) is 155 cm³/mol. The van der Waals surface area contributed by atoms with Gasteiger partial charge >= 0.3 is 0 Å². The molecule has 1 atom stereocenters. The minimum atomic E-state index is -0.561. The molecule has 38 heavy (non-hydrogen) atoms. The van der Waals surface area contributed by atoms with E-state index in [-0.39, 0.29) is 23.3 Å². The van der Waals surface area contributed by atoms with Gasteiger partial charge in [0.05, 0.1) is 0 Å². The lowest BCUT2D eigenvalue weighted by atomic mass is 9.86. The van der Waals surface area contributed by atoms with E-state index in [1.165, 1.54) is 5.56 Å². The summed E-state index contributed by atoms with van der Waals surface area (Å²) in [5.74, 6) is -0.0316. The van der Waals surface area contributed by atoms with Gasteiger partial charge < -0.3 is 10.2 Å². The van der Waals surface area contributed by atoms with Gasteiger partial charge in [-0.05, 0) is 46.9 Å². The summed E-state index contributed by atoms with van der Waals surface area (Å²) < 4.78 is 0. The third-order valence-corrected chi connectivity index (χ3v) is 7.62. The van der Waals surface area contributed by atoms with Gasteiger partial charge in [-0.3, -0.25) is 9.59 Å². The van der Waals surface area contributed by atoms with Crippen LogP contribution in [-0.2, 0) is 34.4 Å². The fraction of sp³-hybridized carbons (Fsp3) is 0.412. The second kappa shape index (κ2) is 12.9. The largest absolute Gasteiger partial charge is 0.352 e. The first-order valence-electron chi connectivity index (χ1n) is 14.1. The van der Waals surface area contributed by atoms with Crippen LogP contribution in [0.3, 0.4) is 0 Å². The Morgan fingerprint density at radius 1 is 0.816 bits per heavy atom. The molecule has 0 spiro atoms. The molecule has 3 aromatic rings. The van der Waals surface area contributed by atoms with E-state index < -0.39 is 6.04 Å². The van der Waals surface area contributed by atoms with Crippen molar-refractivity contribution in [3.05, 3.63) is 107 Å². The van der Waals surface area contributed by atoms with E-state index in [0.717, 1.165) is 42.4 Å². The highest BCUT2D eigenvalue weighted by atomic mass is 16.2. The van der Waals surface area contributed by atoms with E-state index in [9.17, 15) is 9.59 Å². The normalized spacial score (nSPS) is 14.7. The van der Waals surface area contributed by atoms with Crippen LogP contribution < -0.4 is 5.32 Å². The molecule has 3 aromatic carbocycles. The molecule has 0 aliphatic heterocycles. The number of carbonyl (C=O) groups excluding carboxylic acids is 2. The first-order chi connectivity index (χ1) is 18.3. The Kier molecular flexibility index (Phi) is 9.38. The summed E-state index contributed by atoms with van der Waals surface area (Å²) in [6.45, 7) is 7.03. The molecule has 4 rings (SSSR count). The van der Waals surface area contributed by atoms with E-state index in [2.05, 4.69) is 50.4 Å². The minimum Gasteiger partial charge on any atom is -0.352 e. The molecule has 0 unspecified atom stereocenters. The van der Waals surface area contributed by atoms with Crippen LogP contribution in [0.25, 0.3) is 0 Å². The second-order valence-electron chi connectivity index (χ2n) is 11.6. The Morgan fingerprint density at radius 3 is 1.97 bits per heavy atom. The number of aryl methyl sites for hydroxylation is 1. The highest BCUT2D eigenvalue weighted by Crippen LogP contribution is 2.23. The van der Waals surface area contributed by atoms with Crippen molar-refractivity contribution in [2.24, 2.45) is 0 Å². The van der Waals surface area contributed by atoms with Gasteiger partial charge in [0.1, 0.15) is 6.04 Å². The zero-order valence-electron chi connectivity index (χ0n) is 23.2. The van der Waals surface area contributed by atoms with Crippen LogP contribution in [0.2, 0.25) is 0 Å². The van der Waals surface area contributed by atoms with Gasteiger partial charge in [-0.15, -0.1) is 0 Å². The molecule has 0 saturated heterocycles. The highest BCUT2D eigenvalue weighted by Gasteiger charge is 2.32. The average Bonchev–Trinajstić information content (AvgIpc) is 3.43. The zero-order valence-corrected chi connectivity index (χ0v) is 23.2. The molecule has 1 saturated carbocycles. The molecule has 1 aliphatic carbocycles. The summed E-state index contributed by atoms with van der Waals surface area (Å²) in [5, 5.41) is 3.28. The van der Waals surface area contributed by atoms with E-state index in [0.29, 0.717) is 25.8 Å². The van der Waals surface area contributed by atoms with Crippen molar-refractivity contribution in [2.75, 3.05) is 0 Å². The van der Waals surface area contributed by atoms with Crippen LogP contribution in [0.5, 0.6) is 0 Å². The summed E-state index contributed by atoms with van der Waals surface area (Å²) in [4.78, 5) is 29.4. The number of nitrogens with zero attached hydrogens (tertiary/aromatic N) is 1. The van der Waals surface area contributed by atoms with E-state index >= 15 is 0 Å². The molecule has 1 fully saturated rings. The van der Waals surface area contributed by atoms with Crippen molar-refractivity contribution in [1.82, 2.24) is 10.2 Å². The molecule has 2 amide bonds. The molecule has 0 heterocycles. The van der Waals surface area contributed by atoms with Gasteiger partial charge in [-0.1, -0.05) is 119 Å². The first-order valence-corrected chi connectivity index (χ1v) is 14.1. The predicted octanol–water partition coefficient (Wildman–Crippen LogP) is 6.62. The van der Waals surface area contributed by atoms with Crippen molar-refractivity contribution < 1.29 is 9.59 Å². The molecule has 0 aromatic heterocycles. The number of hydrogen-bond acceptors (Lipinski definition) is 2. The lowest BCUT2D eigenvalue weighted by Crippen LogP contribution is -2.52. The van der Waals surface area contributed by atoms with Crippen LogP contribution in [0, 0.1) is 0 Å². The first kappa shape index (κ1) is 27.6. The Bertz CT molecular complexity index is 1160. The van der Waals surface area contributed by atoms with Crippen LogP contribution in [0.15, 0.2) is 84.9 Å². The molecule has 0 bridgehead atoms. The molecule has 4 nitrogen and oxygen atoms in total. The Labute approximate surface area is 228 Å². The van der Waals surface area contributed by atoms with Crippen molar-refractivity contribution in [3.8, 4) is 0 Å². The highest BCUT2D eigenvalue weighted by molar-refractivity contribution is 5.88. The SMILES string of the molecule is CC(C)(C)c1ccc(CCC(=O)N(Cc2ccccc2)[C@H](Cc2ccccc2)C(=O)NC2CCCC2)cc1. The molecule has 0 radical (unpaired) electrons. The maximum absolute atomic E-state index is 13.9. The molecule has 1 N–H and O–H groups in total. The maximum Gasteiger partial charge on any atom is 0.243 e. The summed E-state index contributed by atoms with van der Waals surface area (Å²) in [6, 6.07) is 28.3. The number of rotatable bonds is 10. The molecule has 200 valence electrons. The number of amides is 2. The van der Waals surface area contributed by atoms with Gasteiger partial charge in [0, 0.05) is 25.4 Å². The van der Waals surface area contributed by atoms with Crippen LogP contribution in [-0.4, -0.2) is 28.8 Å². The maximum atomic E-state index is 13.9. The van der Waals surface area contributed by atoms with Crippen molar-refractivity contribution >= 4 is 11.8 Å². The summed E-state index contributed by atoms with van der Waals surface area (Å²) in [7, 11) is 0. The number of hydrogen-bond donors (Lipinski definition) is 1. The quantitative estimate of drug-likeness (QED) is 0.333. The number of benzene rings is 3. The van der Waals surface area contributed by atoms with Gasteiger partial charge in [-0.2, -0.15) is 0 Å². The van der Waals surface area contributed by atoms with Crippen LogP contribution in [0.4, 0.5) is 0 Å². The summed E-state index contributed by atoms with van der Waals surface area (Å²) in [6.07, 6.45) is 5.84. The fourth-order valence-corrected chi connectivity index (χ4v) is 5.27. The number of nitrogens with one attached hydrogen (secondary N) is 1. The fourth-order valence-electron chi connectivity index (χ4n) is 5.27.